The minimum absolute atomic E-state index is 0.120. The smallest absolute Gasteiger partial charge is 0.119 e. The van der Waals surface area contributed by atoms with Crippen molar-refractivity contribution in [2.24, 2.45) is 5.10 Å². The summed E-state index contributed by atoms with van der Waals surface area (Å²) in [5, 5.41) is 7.28. The quantitative estimate of drug-likeness (QED) is 0.277. The van der Waals surface area contributed by atoms with Gasteiger partial charge >= 0.3 is 0 Å². The molecule has 0 spiro atoms. The first kappa shape index (κ1) is 26.3. The molecule has 3 aromatic carbocycles. The Bertz CT molecular complexity index is 1190. The number of hydrogen-bond acceptors (Lipinski definition) is 5. The number of ether oxygens (including phenoxy) is 1. The monoisotopic (exact) mass is 496 g/mol. The van der Waals surface area contributed by atoms with Crippen LogP contribution >= 0.6 is 0 Å². The van der Waals surface area contributed by atoms with Gasteiger partial charge in [-0.05, 0) is 81.8 Å². The first-order valence-corrected chi connectivity index (χ1v) is 13.5. The highest BCUT2D eigenvalue weighted by Gasteiger charge is 2.30. The van der Waals surface area contributed by atoms with Crippen LogP contribution in [0.15, 0.2) is 84.0 Å². The highest BCUT2D eigenvalue weighted by atomic mass is 16.5. The maximum atomic E-state index is 5.39. The topological polar surface area (TPSA) is 31.3 Å². The lowest BCUT2D eigenvalue weighted by Crippen LogP contribution is -2.26. The van der Waals surface area contributed by atoms with E-state index in [4.69, 9.17) is 9.84 Å². The zero-order chi connectivity index (χ0) is 26.2. The molecule has 1 unspecified atom stereocenters. The number of rotatable bonds is 11. The van der Waals surface area contributed by atoms with E-state index in [1.165, 1.54) is 22.5 Å². The van der Waals surface area contributed by atoms with Crippen LogP contribution in [0.2, 0.25) is 0 Å². The highest BCUT2D eigenvalue weighted by Crippen LogP contribution is 2.40. The zero-order valence-corrected chi connectivity index (χ0v) is 22.9. The molecular weight excluding hydrogens is 456 g/mol. The molecule has 0 fully saturated rings. The second-order valence-corrected chi connectivity index (χ2v) is 9.18. The SMILES string of the molecule is CCN(CC)c1ccc(C=CC2=NN(c3ccc(OC)cc3)C(c3ccccc3N(CC)CC)C2)cc1. The number of benzene rings is 3. The van der Waals surface area contributed by atoms with Gasteiger partial charge in [-0.1, -0.05) is 36.4 Å². The third-order valence-electron chi connectivity index (χ3n) is 7.16. The van der Waals surface area contributed by atoms with Crippen molar-refractivity contribution >= 4 is 28.8 Å². The summed E-state index contributed by atoms with van der Waals surface area (Å²) < 4.78 is 5.39. The molecule has 0 aliphatic carbocycles. The molecule has 3 aromatic rings. The second kappa shape index (κ2) is 12.5. The van der Waals surface area contributed by atoms with E-state index in [9.17, 15) is 0 Å². The summed E-state index contributed by atoms with van der Waals surface area (Å²) in [6.45, 7) is 12.8. The lowest BCUT2D eigenvalue weighted by molar-refractivity contribution is 0.415. The van der Waals surface area contributed by atoms with E-state index in [2.05, 4.69) is 115 Å². The Morgan fingerprint density at radius 1 is 0.811 bits per heavy atom. The van der Waals surface area contributed by atoms with Crippen molar-refractivity contribution in [3.05, 3.63) is 90.0 Å². The van der Waals surface area contributed by atoms with E-state index < -0.39 is 0 Å². The third-order valence-corrected chi connectivity index (χ3v) is 7.16. The number of nitrogens with zero attached hydrogens (tertiary/aromatic N) is 4. The van der Waals surface area contributed by atoms with Crippen molar-refractivity contribution in [2.75, 3.05) is 48.1 Å². The molecule has 0 radical (unpaired) electrons. The molecule has 37 heavy (non-hydrogen) atoms. The van der Waals surface area contributed by atoms with Gasteiger partial charge in [-0.2, -0.15) is 5.10 Å². The van der Waals surface area contributed by atoms with Gasteiger partial charge in [0.15, 0.2) is 0 Å². The summed E-state index contributed by atoms with van der Waals surface area (Å²) in [5.41, 5.74) is 7.16. The minimum Gasteiger partial charge on any atom is -0.497 e. The van der Waals surface area contributed by atoms with E-state index in [0.29, 0.717) is 0 Å². The molecular formula is C32H40N4O. The van der Waals surface area contributed by atoms with Crippen LogP contribution in [-0.2, 0) is 0 Å². The summed E-state index contributed by atoms with van der Waals surface area (Å²) in [4.78, 5) is 4.78. The standard InChI is InChI=1S/C32H40N4O/c1-6-34(7-2)27-18-15-25(16-19-27)14-17-26-24-32(30-12-10-11-13-31(30)35(8-3)9-4)36(33-26)28-20-22-29(37-5)23-21-28/h10-23,32H,6-9,24H2,1-5H3. The predicted octanol–water partition coefficient (Wildman–Crippen LogP) is 7.41. The molecule has 0 N–H and O–H groups in total. The lowest BCUT2D eigenvalue weighted by atomic mass is 9.98. The van der Waals surface area contributed by atoms with Crippen molar-refractivity contribution < 1.29 is 4.74 Å². The number of hydrazone groups is 1. The lowest BCUT2D eigenvalue weighted by Gasteiger charge is -2.30. The van der Waals surface area contributed by atoms with Gasteiger partial charge < -0.3 is 14.5 Å². The molecule has 0 saturated heterocycles. The van der Waals surface area contributed by atoms with Crippen LogP contribution in [0.1, 0.15) is 51.3 Å². The maximum Gasteiger partial charge on any atom is 0.119 e. The Labute approximate surface area is 222 Å². The van der Waals surface area contributed by atoms with Crippen molar-refractivity contribution in [3.8, 4) is 5.75 Å². The van der Waals surface area contributed by atoms with Gasteiger partial charge in [-0.15, -0.1) is 0 Å². The van der Waals surface area contributed by atoms with Crippen molar-refractivity contribution in [3.63, 3.8) is 0 Å². The Kier molecular flexibility index (Phi) is 8.89. The maximum absolute atomic E-state index is 5.39. The van der Waals surface area contributed by atoms with Gasteiger partial charge in [-0.25, -0.2) is 0 Å². The third kappa shape index (κ3) is 5.99. The van der Waals surface area contributed by atoms with Gasteiger partial charge in [0.25, 0.3) is 0 Å². The molecule has 1 heterocycles. The summed E-state index contributed by atoms with van der Waals surface area (Å²) in [5.74, 6) is 0.847. The normalized spacial score (nSPS) is 15.2. The van der Waals surface area contributed by atoms with Crippen LogP contribution in [-0.4, -0.2) is 39.0 Å². The minimum atomic E-state index is 0.120. The van der Waals surface area contributed by atoms with Crippen molar-refractivity contribution in [2.45, 2.75) is 40.2 Å². The molecule has 194 valence electrons. The fraction of sp³-hybridized carbons (Fsp3) is 0.344. The fourth-order valence-electron chi connectivity index (χ4n) is 5.05. The highest BCUT2D eigenvalue weighted by molar-refractivity contribution is 6.01. The molecule has 0 aromatic heterocycles. The zero-order valence-electron chi connectivity index (χ0n) is 22.9. The van der Waals surface area contributed by atoms with E-state index in [1.54, 1.807) is 7.11 Å². The van der Waals surface area contributed by atoms with Crippen LogP contribution in [0, 0.1) is 0 Å². The van der Waals surface area contributed by atoms with Crippen molar-refractivity contribution in [1.29, 1.82) is 0 Å². The molecule has 1 atom stereocenters. The molecule has 5 heteroatoms. The number of anilines is 3. The van der Waals surface area contributed by atoms with Gasteiger partial charge in [0, 0.05) is 49.5 Å². The molecule has 5 nitrogen and oxygen atoms in total. The summed E-state index contributed by atoms with van der Waals surface area (Å²) in [6, 6.07) is 25.9. The molecule has 1 aliphatic rings. The van der Waals surface area contributed by atoms with Gasteiger partial charge in [0.05, 0.1) is 24.6 Å². The Morgan fingerprint density at radius 3 is 2.08 bits per heavy atom. The van der Waals surface area contributed by atoms with Crippen LogP contribution in [0.3, 0.4) is 0 Å². The molecule has 0 amide bonds. The van der Waals surface area contributed by atoms with Crippen LogP contribution < -0.4 is 19.5 Å². The first-order chi connectivity index (χ1) is 18.1. The predicted molar refractivity (Wildman–Crippen MR) is 159 cm³/mol. The van der Waals surface area contributed by atoms with E-state index >= 15 is 0 Å². The Hall–Kier alpha value is -3.73. The largest absolute Gasteiger partial charge is 0.497 e. The number of allylic oxidation sites excluding steroid dienone is 1. The second-order valence-electron chi connectivity index (χ2n) is 9.18. The van der Waals surface area contributed by atoms with Crippen LogP contribution in [0.5, 0.6) is 5.75 Å². The summed E-state index contributed by atoms with van der Waals surface area (Å²) in [6.07, 6.45) is 5.19. The average Bonchev–Trinajstić information content (AvgIpc) is 3.38. The Morgan fingerprint density at radius 2 is 1.46 bits per heavy atom. The average molecular weight is 497 g/mol. The summed E-state index contributed by atoms with van der Waals surface area (Å²) in [7, 11) is 1.70. The van der Waals surface area contributed by atoms with Crippen LogP contribution in [0.25, 0.3) is 6.08 Å². The number of para-hydroxylation sites is 1. The molecule has 1 aliphatic heterocycles. The number of methoxy groups -OCH3 is 1. The van der Waals surface area contributed by atoms with Gasteiger partial charge in [0.2, 0.25) is 0 Å². The number of hydrogen-bond donors (Lipinski definition) is 0. The van der Waals surface area contributed by atoms with E-state index in [-0.39, 0.29) is 6.04 Å². The Balaban J connectivity index is 1.65. The van der Waals surface area contributed by atoms with Gasteiger partial charge in [-0.3, -0.25) is 5.01 Å². The van der Waals surface area contributed by atoms with E-state index in [1.807, 2.05) is 12.1 Å². The van der Waals surface area contributed by atoms with Crippen molar-refractivity contribution in [1.82, 2.24) is 0 Å². The molecule has 0 bridgehead atoms. The molecule has 0 saturated carbocycles. The first-order valence-electron chi connectivity index (χ1n) is 13.5. The summed E-state index contributed by atoms with van der Waals surface area (Å²) >= 11 is 0. The molecule has 4 rings (SSSR count). The fourth-order valence-corrected chi connectivity index (χ4v) is 5.05. The van der Waals surface area contributed by atoms with Crippen LogP contribution in [0.4, 0.5) is 17.1 Å². The van der Waals surface area contributed by atoms with E-state index in [0.717, 1.165) is 49.7 Å². The van der Waals surface area contributed by atoms with Gasteiger partial charge in [0.1, 0.15) is 5.75 Å².